The number of carbonyl (C=O) groups is 1. The summed E-state index contributed by atoms with van der Waals surface area (Å²) < 4.78 is 5.14. The Hall–Kier alpha value is -1.51. The molecule has 0 atom stereocenters. The SMILES string of the molecule is CCNC(=NCCCNc1ccccc1)N1CCC(C(=O)OCC)CC1.I. The number of halogens is 1. The van der Waals surface area contributed by atoms with Crippen molar-refractivity contribution in [2.75, 3.05) is 44.6 Å². The summed E-state index contributed by atoms with van der Waals surface area (Å²) in [7, 11) is 0. The van der Waals surface area contributed by atoms with E-state index in [-0.39, 0.29) is 35.9 Å². The van der Waals surface area contributed by atoms with Crippen LogP contribution in [0.5, 0.6) is 0 Å². The van der Waals surface area contributed by atoms with Crippen LogP contribution in [0.15, 0.2) is 35.3 Å². The first kappa shape index (κ1) is 23.5. The van der Waals surface area contributed by atoms with E-state index in [1.165, 1.54) is 0 Å². The molecule has 2 rings (SSSR count). The van der Waals surface area contributed by atoms with Crippen LogP contribution in [0.4, 0.5) is 5.69 Å². The highest BCUT2D eigenvalue weighted by atomic mass is 127. The number of aliphatic imine (C=N–C) groups is 1. The molecule has 152 valence electrons. The van der Waals surface area contributed by atoms with Crippen LogP contribution in [0.1, 0.15) is 33.1 Å². The predicted molar refractivity (Wildman–Crippen MR) is 122 cm³/mol. The Morgan fingerprint density at radius 1 is 1.22 bits per heavy atom. The van der Waals surface area contributed by atoms with Crippen LogP contribution in [-0.4, -0.2) is 56.2 Å². The van der Waals surface area contributed by atoms with Crippen molar-refractivity contribution in [3.05, 3.63) is 30.3 Å². The molecule has 0 saturated carbocycles. The van der Waals surface area contributed by atoms with E-state index in [4.69, 9.17) is 9.73 Å². The van der Waals surface area contributed by atoms with Crippen LogP contribution in [-0.2, 0) is 9.53 Å². The second kappa shape index (κ2) is 13.6. The maximum Gasteiger partial charge on any atom is 0.309 e. The van der Waals surface area contributed by atoms with E-state index in [1.807, 2.05) is 25.1 Å². The van der Waals surface area contributed by atoms with Crippen molar-refractivity contribution in [3.63, 3.8) is 0 Å². The Labute approximate surface area is 180 Å². The molecule has 0 amide bonds. The molecule has 2 N–H and O–H groups in total. The van der Waals surface area contributed by atoms with Gasteiger partial charge in [0, 0.05) is 38.4 Å². The fourth-order valence-electron chi connectivity index (χ4n) is 3.07. The summed E-state index contributed by atoms with van der Waals surface area (Å²) in [5, 5.41) is 6.77. The van der Waals surface area contributed by atoms with E-state index in [2.05, 4.69) is 34.6 Å². The number of ether oxygens (including phenoxy) is 1. The number of piperidine rings is 1. The zero-order valence-corrected chi connectivity index (χ0v) is 18.8. The molecule has 0 radical (unpaired) electrons. The molecule has 1 saturated heterocycles. The third-order valence-corrected chi connectivity index (χ3v) is 4.45. The van der Waals surface area contributed by atoms with Crippen LogP contribution in [0.2, 0.25) is 0 Å². The predicted octanol–water partition coefficient (Wildman–Crippen LogP) is 3.35. The summed E-state index contributed by atoms with van der Waals surface area (Å²) in [6, 6.07) is 10.2. The molecule has 1 aromatic rings. The van der Waals surface area contributed by atoms with Gasteiger partial charge in [-0.3, -0.25) is 9.79 Å². The minimum absolute atomic E-state index is 0. The van der Waals surface area contributed by atoms with Gasteiger partial charge in [-0.1, -0.05) is 18.2 Å². The second-order valence-corrected chi connectivity index (χ2v) is 6.40. The molecule has 0 spiro atoms. The number of rotatable bonds is 8. The number of hydrogen-bond acceptors (Lipinski definition) is 4. The number of nitrogens with zero attached hydrogens (tertiary/aromatic N) is 2. The average molecular weight is 488 g/mol. The molecule has 0 unspecified atom stereocenters. The monoisotopic (exact) mass is 488 g/mol. The van der Waals surface area contributed by atoms with Gasteiger partial charge in [-0.05, 0) is 45.2 Å². The molecule has 1 aliphatic rings. The first-order valence-electron chi connectivity index (χ1n) is 9.73. The van der Waals surface area contributed by atoms with E-state index in [0.29, 0.717) is 6.61 Å². The summed E-state index contributed by atoms with van der Waals surface area (Å²) in [4.78, 5) is 18.9. The summed E-state index contributed by atoms with van der Waals surface area (Å²) >= 11 is 0. The fourth-order valence-corrected chi connectivity index (χ4v) is 3.07. The van der Waals surface area contributed by atoms with Crippen LogP contribution in [0.3, 0.4) is 0 Å². The van der Waals surface area contributed by atoms with Crippen LogP contribution in [0, 0.1) is 5.92 Å². The van der Waals surface area contributed by atoms with Gasteiger partial charge in [-0.25, -0.2) is 0 Å². The van der Waals surface area contributed by atoms with Crippen molar-refractivity contribution in [1.82, 2.24) is 10.2 Å². The summed E-state index contributed by atoms with van der Waals surface area (Å²) in [5.41, 5.74) is 1.14. The largest absolute Gasteiger partial charge is 0.466 e. The van der Waals surface area contributed by atoms with Gasteiger partial charge in [0.25, 0.3) is 0 Å². The lowest BCUT2D eigenvalue weighted by Gasteiger charge is -2.33. The first-order chi connectivity index (χ1) is 12.7. The normalized spacial score (nSPS) is 15.0. The molecule has 1 heterocycles. The fraction of sp³-hybridized carbons (Fsp3) is 0.600. The van der Waals surface area contributed by atoms with E-state index >= 15 is 0 Å². The van der Waals surface area contributed by atoms with E-state index in [0.717, 1.165) is 63.6 Å². The summed E-state index contributed by atoms with van der Waals surface area (Å²) in [5.74, 6) is 0.930. The Bertz CT molecular complexity index is 560. The molecule has 0 aliphatic carbocycles. The lowest BCUT2D eigenvalue weighted by Crippen LogP contribution is -2.46. The number of carbonyl (C=O) groups excluding carboxylic acids is 1. The Kier molecular flexibility index (Phi) is 11.9. The van der Waals surface area contributed by atoms with Gasteiger partial charge in [0.1, 0.15) is 0 Å². The molecule has 1 aromatic carbocycles. The van der Waals surface area contributed by atoms with Gasteiger partial charge in [0.15, 0.2) is 5.96 Å². The van der Waals surface area contributed by atoms with Gasteiger partial charge >= 0.3 is 5.97 Å². The van der Waals surface area contributed by atoms with Crippen molar-refractivity contribution < 1.29 is 9.53 Å². The van der Waals surface area contributed by atoms with Crippen LogP contribution in [0.25, 0.3) is 0 Å². The van der Waals surface area contributed by atoms with Crippen molar-refractivity contribution >= 4 is 41.6 Å². The summed E-state index contributed by atoms with van der Waals surface area (Å²) in [6.45, 7) is 8.61. The van der Waals surface area contributed by atoms with Gasteiger partial charge in [0.05, 0.1) is 12.5 Å². The number of benzene rings is 1. The molecular formula is C20H33IN4O2. The number of para-hydroxylation sites is 1. The quantitative estimate of drug-likeness (QED) is 0.193. The highest BCUT2D eigenvalue weighted by Crippen LogP contribution is 2.18. The van der Waals surface area contributed by atoms with Crippen molar-refractivity contribution in [2.24, 2.45) is 10.9 Å². The first-order valence-corrected chi connectivity index (χ1v) is 9.73. The van der Waals surface area contributed by atoms with Crippen molar-refractivity contribution in [2.45, 2.75) is 33.1 Å². The average Bonchev–Trinajstić information content (AvgIpc) is 2.68. The molecule has 1 aliphatic heterocycles. The lowest BCUT2D eigenvalue weighted by molar-refractivity contribution is -0.149. The summed E-state index contributed by atoms with van der Waals surface area (Å²) in [6.07, 6.45) is 2.64. The van der Waals surface area contributed by atoms with E-state index in [1.54, 1.807) is 0 Å². The van der Waals surface area contributed by atoms with Gasteiger partial charge in [0.2, 0.25) is 0 Å². The highest BCUT2D eigenvalue weighted by molar-refractivity contribution is 14.0. The van der Waals surface area contributed by atoms with Crippen LogP contribution >= 0.6 is 24.0 Å². The second-order valence-electron chi connectivity index (χ2n) is 6.40. The minimum Gasteiger partial charge on any atom is -0.466 e. The lowest BCUT2D eigenvalue weighted by atomic mass is 9.97. The number of likely N-dealkylation sites (tertiary alicyclic amines) is 1. The molecule has 7 heteroatoms. The minimum atomic E-state index is -0.0546. The van der Waals surface area contributed by atoms with Gasteiger partial charge in [-0.2, -0.15) is 0 Å². The maximum atomic E-state index is 11.9. The van der Waals surface area contributed by atoms with Crippen molar-refractivity contribution in [3.8, 4) is 0 Å². The molecule has 0 aromatic heterocycles. The smallest absolute Gasteiger partial charge is 0.309 e. The highest BCUT2D eigenvalue weighted by Gasteiger charge is 2.27. The molecule has 1 fully saturated rings. The third kappa shape index (κ3) is 8.36. The number of hydrogen-bond donors (Lipinski definition) is 2. The topological polar surface area (TPSA) is 66.0 Å². The molecule has 27 heavy (non-hydrogen) atoms. The third-order valence-electron chi connectivity index (χ3n) is 4.45. The molecule has 0 bridgehead atoms. The molecular weight excluding hydrogens is 455 g/mol. The zero-order valence-electron chi connectivity index (χ0n) is 16.4. The number of guanidine groups is 1. The Morgan fingerprint density at radius 3 is 2.56 bits per heavy atom. The van der Waals surface area contributed by atoms with Crippen molar-refractivity contribution in [1.29, 1.82) is 0 Å². The maximum absolute atomic E-state index is 11.9. The number of anilines is 1. The number of nitrogens with one attached hydrogen (secondary N) is 2. The van der Waals surface area contributed by atoms with Gasteiger partial charge in [-0.15, -0.1) is 24.0 Å². The Balaban J connectivity index is 0.00000364. The van der Waals surface area contributed by atoms with Crippen LogP contribution < -0.4 is 10.6 Å². The zero-order chi connectivity index (χ0) is 18.6. The standard InChI is InChI=1S/C20H32N4O2.HI/c1-3-21-20(23-14-8-13-22-18-9-6-5-7-10-18)24-15-11-17(12-16-24)19(25)26-4-2;/h5-7,9-10,17,22H,3-4,8,11-16H2,1-2H3,(H,21,23);1H. The van der Waals surface area contributed by atoms with E-state index < -0.39 is 0 Å². The Morgan fingerprint density at radius 2 is 1.93 bits per heavy atom. The van der Waals surface area contributed by atoms with E-state index in [9.17, 15) is 4.79 Å². The molecule has 6 nitrogen and oxygen atoms in total. The number of esters is 1. The van der Waals surface area contributed by atoms with Gasteiger partial charge < -0.3 is 20.3 Å².